The van der Waals surface area contributed by atoms with Crippen LogP contribution in [0.15, 0.2) is 23.1 Å². The summed E-state index contributed by atoms with van der Waals surface area (Å²) in [4.78, 5) is 0.232. The second-order valence-corrected chi connectivity index (χ2v) is 6.61. The summed E-state index contributed by atoms with van der Waals surface area (Å²) < 4.78 is 31.3. The molecule has 2 rings (SSSR count). The molecule has 1 fully saturated rings. The Hall–Kier alpha value is -0.780. The molecule has 100 valence electrons. The zero-order chi connectivity index (χ0) is 13.2. The third-order valence-corrected chi connectivity index (χ3v) is 5.27. The first-order valence-corrected chi connectivity index (χ1v) is 7.71. The Morgan fingerprint density at radius 1 is 1.22 bits per heavy atom. The molecule has 0 spiro atoms. The van der Waals surface area contributed by atoms with Crippen LogP contribution in [0.5, 0.6) is 5.75 Å². The van der Waals surface area contributed by atoms with E-state index in [-0.39, 0.29) is 4.90 Å². The number of sulfonamides is 1. The lowest BCUT2D eigenvalue weighted by Gasteiger charge is -2.26. The van der Waals surface area contributed by atoms with E-state index in [9.17, 15) is 8.42 Å². The number of piperidine rings is 1. The summed E-state index contributed by atoms with van der Waals surface area (Å²) in [6.45, 7) is 1.18. The monoisotopic (exact) mass is 289 g/mol. The number of methoxy groups -OCH3 is 1. The van der Waals surface area contributed by atoms with Crippen LogP contribution in [0.1, 0.15) is 19.3 Å². The van der Waals surface area contributed by atoms with E-state index in [0.717, 1.165) is 19.3 Å². The van der Waals surface area contributed by atoms with Gasteiger partial charge in [0, 0.05) is 13.1 Å². The average Bonchev–Trinajstić information content (AvgIpc) is 2.39. The highest BCUT2D eigenvalue weighted by Crippen LogP contribution is 2.29. The third kappa shape index (κ3) is 2.63. The minimum atomic E-state index is -3.42. The molecule has 4 nitrogen and oxygen atoms in total. The van der Waals surface area contributed by atoms with Crippen molar-refractivity contribution >= 4 is 21.6 Å². The van der Waals surface area contributed by atoms with Crippen molar-refractivity contribution in [2.75, 3.05) is 20.2 Å². The fourth-order valence-corrected chi connectivity index (χ4v) is 3.93. The fourth-order valence-electron chi connectivity index (χ4n) is 2.06. The van der Waals surface area contributed by atoms with Gasteiger partial charge in [-0.1, -0.05) is 18.0 Å². The number of halogens is 1. The van der Waals surface area contributed by atoms with E-state index >= 15 is 0 Å². The highest BCUT2D eigenvalue weighted by atomic mass is 35.5. The van der Waals surface area contributed by atoms with Crippen molar-refractivity contribution in [2.45, 2.75) is 24.2 Å². The average molecular weight is 290 g/mol. The molecule has 1 aliphatic heterocycles. The number of benzene rings is 1. The molecule has 0 saturated carbocycles. The van der Waals surface area contributed by atoms with Crippen LogP contribution >= 0.6 is 11.6 Å². The van der Waals surface area contributed by atoms with Gasteiger partial charge in [0.05, 0.1) is 17.0 Å². The lowest BCUT2D eigenvalue weighted by Crippen LogP contribution is -2.35. The van der Waals surface area contributed by atoms with Crippen LogP contribution in [0.3, 0.4) is 0 Å². The van der Waals surface area contributed by atoms with Gasteiger partial charge in [-0.25, -0.2) is 8.42 Å². The van der Waals surface area contributed by atoms with Crippen LogP contribution in [0, 0.1) is 0 Å². The maximum Gasteiger partial charge on any atom is 0.243 e. The van der Waals surface area contributed by atoms with Crippen LogP contribution < -0.4 is 4.74 Å². The second kappa shape index (κ2) is 5.47. The Morgan fingerprint density at radius 2 is 1.89 bits per heavy atom. The van der Waals surface area contributed by atoms with Gasteiger partial charge in [0.15, 0.2) is 0 Å². The zero-order valence-electron chi connectivity index (χ0n) is 10.2. The molecule has 0 radical (unpaired) electrons. The molecule has 0 aromatic heterocycles. The van der Waals surface area contributed by atoms with Crippen LogP contribution in [0.2, 0.25) is 5.02 Å². The van der Waals surface area contributed by atoms with Crippen LogP contribution in [-0.2, 0) is 10.0 Å². The fraction of sp³-hybridized carbons (Fsp3) is 0.500. The van der Waals surface area contributed by atoms with Gasteiger partial charge in [0.2, 0.25) is 10.0 Å². The summed E-state index contributed by atoms with van der Waals surface area (Å²) in [6, 6.07) is 4.57. The third-order valence-electron chi connectivity index (χ3n) is 3.08. The first-order chi connectivity index (χ1) is 8.55. The molecule has 0 atom stereocenters. The van der Waals surface area contributed by atoms with Crippen molar-refractivity contribution in [2.24, 2.45) is 0 Å². The van der Waals surface area contributed by atoms with Crippen molar-refractivity contribution in [3.63, 3.8) is 0 Å². The Labute approximate surface area is 113 Å². The number of nitrogens with zero attached hydrogens (tertiary/aromatic N) is 1. The summed E-state index contributed by atoms with van der Waals surface area (Å²) in [6.07, 6.45) is 2.93. The second-order valence-electron chi connectivity index (χ2n) is 4.26. The van der Waals surface area contributed by atoms with Gasteiger partial charge in [0.25, 0.3) is 0 Å². The molecule has 1 heterocycles. The Kier molecular flexibility index (Phi) is 4.14. The van der Waals surface area contributed by atoms with Crippen LogP contribution in [0.4, 0.5) is 0 Å². The Bertz CT molecular complexity index is 524. The number of rotatable bonds is 3. The van der Waals surface area contributed by atoms with Crippen molar-refractivity contribution in [3.8, 4) is 5.75 Å². The quantitative estimate of drug-likeness (QED) is 0.859. The maximum absolute atomic E-state index is 12.4. The molecule has 1 aromatic carbocycles. The largest absolute Gasteiger partial charge is 0.495 e. The van der Waals surface area contributed by atoms with E-state index in [1.165, 1.54) is 23.5 Å². The molecule has 0 unspecified atom stereocenters. The first kappa shape index (κ1) is 13.6. The molecule has 0 amide bonds. The van der Waals surface area contributed by atoms with E-state index < -0.39 is 10.0 Å². The highest BCUT2D eigenvalue weighted by Gasteiger charge is 2.26. The van der Waals surface area contributed by atoms with Gasteiger partial charge < -0.3 is 4.74 Å². The van der Waals surface area contributed by atoms with E-state index in [1.54, 1.807) is 6.07 Å². The van der Waals surface area contributed by atoms with E-state index in [2.05, 4.69) is 0 Å². The maximum atomic E-state index is 12.4. The number of ether oxygens (including phenoxy) is 1. The summed E-state index contributed by atoms with van der Waals surface area (Å²) in [5, 5.41) is 0.315. The number of hydrogen-bond donors (Lipinski definition) is 0. The van der Waals surface area contributed by atoms with E-state index in [1.807, 2.05) is 0 Å². The van der Waals surface area contributed by atoms with E-state index in [4.69, 9.17) is 16.3 Å². The molecule has 0 N–H and O–H groups in total. The topological polar surface area (TPSA) is 46.6 Å². The van der Waals surface area contributed by atoms with Crippen LogP contribution in [-0.4, -0.2) is 32.9 Å². The minimum absolute atomic E-state index is 0.232. The molecule has 1 aliphatic rings. The van der Waals surface area contributed by atoms with Crippen molar-refractivity contribution < 1.29 is 13.2 Å². The van der Waals surface area contributed by atoms with Gasteiger partial charge in [-0.15, -0.1) is 0 Å². The highest BCUT2D eigenvalue weighted by molar-refractivity contribution is 7.89. The summed E-state index contributed by atoms with van der Waals surface area (Å²) >= 11 is 5.97. The summed E-state index contributed by atoms with van der Waals surface area (Å²) in [5.74, 6) is 0.481. The SMILES string of the molecule is COc1ccc(S(=O)(=O)N2CCCCC2)cc1Cl. The van der Waals surface area contributed by atoms with Gasteiger partial charge in [0.1, 0.15) is 5.75 Å². The Balaban J connectivity index is 2.32. The van der Waals surface area contributed by atoms with Crippen molar-refractivity contribution in [3.05, 3.63) is 23.2 Å². The van der Waals surface area contributed by atoms with E-state index in [0.29, 0.717) is 23.9 Å². The van der Waals surface area contributed by atoms with Gasteiger partial charge in [-0.05, 0) is 31.0 Å². The predicted molar refractivity (Wildman–Crippen MR) is 70.6 cm³/mol. The minimum Gasteiger partial charge on any atom is -0.495 e. The predicted octanol–water partition coefficient (Wildman–Crippen LogP) is 2.52. The van der Waals surface area contributed by atoms with Crippen molar-refractivity contribution in [1.82, 2.24) is 4.31 Å². The summed E-state index contributed by atoms with van der Waals surface area (Å²) in [7, 11) is -1.92. The Morgan fingerprint density at radius 3 is 2.44 bits per heavy atom. The molecule has 6 heteroatoms. The van der Waals surface area contributed by atoms with Crippen LogP contribution in [0.25, 0.3) is 0 Å². The van der Waals surface area contributed by atoms with Crippen molar-refractivity contribution in [1.29, 1.82) is 0 Å². The lowest BCUT2D eigenvalue weighted by molar-refractivity contribution is 0.346. The standard InChI is InChI=1S/C12H16ClNO3S/c1-17-12-6-5-10(9-11(12)13)18(15,16)14-7-3-2-4-8-14/h5-6,9H,2-4,7-8H2,1H3. The molecular weight excluding hydrogens is 274 g/mol. The smallest absolute Gasteiger partial charge is 0.243 e. The normalized spacial score (nSPS) is 17.7. The van der Waals surface area contributed by atoms with Gasteiger partial charge in [-0.2, -0.15) is 4.31 Å². The van der Waals surface area contributed by atoms with Gasteiger partial charge >= 0.3 is 0 Å². The molecule has 1 saturated heterocycles. The number of hydrogen-bond acceptors (Lipinski definition) is 3. The summed E-state index contributed by atoms with van der Waals surface area (Å²) in [5.41, 5.74) is 0. The lowest BCUT2D eigenvalue weighted by atomic mass is 10.2. The van der Waals surface area contributed by atoms with Gasteiger partial charge in [-0.3, -0.25) is 0 Å². The molecule has 0 aliphatic carbocycles. The first-order valence-electron chi connectivity index (χ1n) is 5.89. The molecule has 1 aromatic rings. The molecule has 0 bridgehead atoms. The zero-order valence-corrected chi connectivity index (χ0v) is 11.8. The molecule has 18 heavy (non-hydrogen) atoms. The molecular formula is C12H16ClNO3S.